The molecule has 10 heteroatoms. The van der Waals surface area contributed by atoms with Crippen LogP contribution >= 0.6 is 11.8 Å². The average Bonchev–Trinajstić information content (AvgIpc) is 2.75. The summed E-state index contributed by atoms with van der Waals surface area (Å²) in [5.41, 5.74) is 5.93. The third-order valence-corrected chi connectivity index (χ3v) is 5.67. The number of thioether (sulfide) groups is 1. The zero-order valence-corrected chi connectivity index (χ0v) is 18.7. The number of nitrogens with zero attached hydrogens (tertiary/aromatic N) is 1. The molecule has 1 aliphatic heterocycles. The van der Waals surface area contributed by atoms with E-state index in [2.05, 4.69) is 10.6 Å². The number of primary amides is 1. The van der Waals surface area contributed by atoms with Crippen LogP contribution in [0.25, 0.3) is 0 Å². The molecule has 2 atom stereocenters. The summed E-state index contributed by atoms with van der Waals surface area (Å²) in [4.78, 5) is 50.4. The molecule has 1 heterocycles. The van der Waals surface area contributed by atoms with Crippen LogP contribution in [0.2, 0.25) is 0 Å². The quantitative estimate of drug-likeness (QED) is 0.512. The van der Waals surface area contributed by atoms with E-state index in [4.69, 9.17) is 10.5 Å². The molecule has 0 bridgehead atoms. The number of nitrogens with one attached hydrogen (secondary N) is 2. The minimum absolute atomic E-state index is 0.114. The van der Waals surface area contributed by atoms with Gasteiger partial charge in [-0.25, -0.2) is 4.79 Å². The molecule has 9 nitrogen and oxygen atoms in total. The monoisotopic (exact) mass is 450 g/mol. The number of hydrogen-bond donors (Lipinski definition) is 3. The second-order valence-corrected chi connectivity index (χ2v) is 8.85. The third-order valence-electron chi connectivity index (χ3n) is 4.65. The van der Waals surface area contributed by atoms with E-state index in [-0.39, 0.29) is 19.1 Å². The van der Waals surface area contributed by atoms with Crippen molar-refractivity contribution in [3.05, 3.63) is 35.9 Å². The van der Waals surface area contributed by atoms with Gasteiger partial charge in [0.15, 0.2) is 0 Å². The molecule has 0 aliphatic carbocycles. The second kappa shape index (κ2) is 12.2. The number of carbonyl (C=O) groups excluding carboxylic acids is 4. The van der Waals surface area contributed by atoms with Gasteiger partial charge in [0.1, 0.15) is 18.7 Å². The number of benzene rings is 1. The molecule has 0 spiro atoms. The van der Waals surface area contributed by atoms with Crippen molar-refractivity contribution in [2.24, 2.45) is 11.7 Å². The fourth-order valence-electron chi connectivity index (χ4n) is 3.11. The normalized spacial score (nSPS) is 17.0. The Kier molecular flexibility index (Phi) is 9.64. The molecule has 1 saturated heterocycles. The molecule has 1 fully saturated rings. The van der Waals surface area contributed by atoms with Gasteiger partial charge in [-0.05, 0) is 17.9 Å². The maximum atomic E-state index is 13.0. The molecular formula is C21H30N4O5S. The summed E-state index contributed by atoms with van der Waals surface area (Å²) >= 11 is 1.56. The Morgan fingerprint density at radius 3 is 2.58 bits per heavy atom. The van der Waals surface area contributed by atoms with Crippen LogP contribution in [0.3, 0.4) is 0 Å². The molecule has 1 aliphatic rings. The smallest absolute Gasteiger partial charge is 0.410 e. The van der Waals surface area contributed by atoms with Crippen LogP contribution in [0.15, 0.2) is 30.3 Å². The third kappa shape index (κ3) is 8.12. The molecule has 31 heavy (non-hydrogen) atoms. The molecule has 0 radical (unpaired) electrons. The summed E-state index contributed by atoms with van der Waals surface area (Å²) in [6.45, 7) is 4.03. The highest BCUT2D eigenvalue weighted by molar-refractivity contribution is 7.99. The second-order valence-electron chi connectivity index (χ2n) is 7.70. The van der Waals surface area contributed by atoms with Gasteiger partial charge in [-0.2, -0.15) is 11.8 Å². The van der Waals surface area contributed by atoms with Gasteiger partial charge in [0, 0.05) is 18.1 Å². The maximum Gasteiger partial charge on any atom is 0.410 e. The number of rotatable bonds is 9. The minimum Gasteiger partial charge on any atom is -0.445 e. The lowest BCUT2D eigenvalue weighted by atomic mass is 10.0. The summed E-state index contributed by atoms with van der Waals surface area (Å²) in [6, 6.07) is 7.71. The predicted octanol–water partition coefficient (Wildman–Crippen LogP) is 0.873. The first kappa shape index (κ1) is 24.5. The Morgan fingerprint density at radius 2 is 1.94 bits per heavy atom. The van der Waals surface area contributed by atoms with E-state index < -0.39 is 35.9 Å². The SMILES string of the molecule is CC(C)C[C@H](NC(=O)[C@H]1CSCCN1C(=O)OCc1ccccc1)C(=O)NCC(N)=O. The lowest BCUT2D eigenvalue weighted by molar-refractivity contribution is -0.132. The van der Waals surface area contributed by atoms with Crippen LogP contribution < -0.4 is 16.4 Å². The van der Waals surface area contributed by atoms with Crippen LogP contribution in [0, 0.1) is 5.92 Å². The van der Waals surface area contributed by atoms with Crippen LogP contribution in [-0.4, -0.2) is 65.4 Å². The number of ether oxygens (including phenoxy) is 1. The van der Waals surface area contributed by atoms with Crippen LogP contribution in [-0.2, 0) is 25.7 Å². The predicted molar refractivity (Wildman–Crippen MR) is 118 cm³/mol. The number of amides is 4. The number of nitrogens with two attached hydrogens (primary N) is 1. The van der Waals surface area contributed by atoms with Gasteiger partial charge in [-0.3, -0.25) is 19.3 Å². The van der Waals surface area contributed by atoms with Gasteiger partial charge >= 0.3 is 6.09 Å². The molecule has 4 N–H and O–H groups in total. The van der Waals surface area contributed by atoms with E-state index in [0.717, 1.165) is 5.56 Å². The maximum absolute atomic E-state index is 13.0. The van der Waals surface area contributed by atoms with Crippen molar-refractivity contribution in [2.75, 3.05) is 24.6 Å². The van der Waals surface area contributed by atoms with Crippen molar-refractivity contribution >= 4 is 35.6 Å². The van der Waals surface area contributed by atoms with Gasteiger partial charge in [0.05, 0.1) is 6.54 Å². The molecular weight excluding hydrogens is 420 g/mol. The van der Waals surface area contributed by atoms with E-state index in [0.29, 0.717) is 24.5 Å². The highest BCUT2D eigenvalue weighted by atomic mass is 32.2. The minimum atomic E-state index is -0.832. The first-order valence-corrected chi connectivity index (χ1v) is 11.3. The summed E-state index contributed by atoms with van der Waals surface area (Å²) < 4.78 is 5.40. The molecule has 4 amide bonds. The molecule has 0 saturated carbocycles. The molecule has 2 rings (SSSR count). The van der Waals surface area contributed by atoms with Crippen LogP contribution in [0.1, 0.15) is 25.8 Å². The zero-order valence-electron chi connectivity index (χ0n) is 17.8. The lowest BCUT2D eigenvalue weighted by Crippen LogP contribution is -2.58. The van der Waals surface area contributed by atoms with Gasteiger partial charge < -0.3 is 21.1 Å². The van der Waals surface area contributed by atoms with E-state index in [9.17, 15) is 19.2 Å². The molecule has 170 valence electrons. The highest BCUT2D eigenvalue weighted by Gasteiger charge is 2.35. The fraction of sp³-hybridized carbons (Fsp3) is 0.524. The zero-order chi connectivity index (χ0) is 22.8. The van der Waals surface area contributed by atoms with E-state index in [1.54, 1.807) is 11.8 Å². The summed E-state index contributed by atoms with van der Waals surface area (Å²) in [5, 5.41) is 5.16. The van der Waals surface area contributed by atoms with Crippen LogP contribution in [0.5, 0.6) is 0 Å². The van der Waals surface area contributed by atoms with Crippen LogP contribution in [0.4, 0.5) is 4.79 Å². The fourth-order valence-corrected chi connectivity index (χ4v) is 4.16. The van der Waals surface area contributed by atoms with E-state index in [1.165, 1.54) is 4.90 Å². The topological polar surface area (TPSA) is 131 Å². The Balaban J connectivity index is 2.01. The van der Waals surface area contributed by atoms with Crippen molar-refractivity contribution in [3.63, 3.8) is 0 Å². The summed E-state index contributed by atoms with van der Waals surface area (Å²) in [7, 11) is 0. The van der Waals surface area contributed by atoms with Gasteiger partial charge in [0.2, 0.25) is 17.7 Å². The Morgan fingerprint density at radius 1 is 1.23 bits per heavy atom. The largest absolute Gasteiger partial charge is 0.445 e. The molecule has 1 aromatic rings. The molecule has 0 aromatic heterocycles. The summed E-state index contributed by atoms with van der Waals surface area (Å²) in [6.07, 6.45) is -0.183. The van der Waals surface area contributed by atoms with E-state index in [1.807, 2.05) is 44.2 Å². The Hall–Kier alpha value is -2.75. The lowest BCUT2D eigenvalue weighted by Gasteiger charge is -2.34. The Labute approximate surface area is 186 Å². The standard InChI is InChI=1S/C21H30N4O5S/c1-14(2)10-16(19(27)23-11-18(22)26)24-20(28)17-13-31-9-8-25(17)21(29)30-12-15-6-4-3-5-7-15/h3-7,14,16-17H,8-13H2,1-2H3,(H2,22,26)(H,23,27)(H,24,28)/t16-,17+/m0/s1. The first-order valence-electron chi connectivity index (χ1n) is 10.2. The summed E-state index contributed by atoms with van der Waals surface area (Å²) in [5.74, 6) is -0.356. The van der Waals surface area contributed by atoms with Gasteiger partial charge in [-0.1, -0.05) is 44.2 Å². The van der Waals surface area contributed by atoms with E-state index >= 15 is 0 Å². The van der Waals surface area contributed by atoms with Gasteiger partial charge in [0.25, 0.3) is 0 Å². The molecule has 1 aromatic carbocycles. The first-order chi connectivity index (χ1) is 14.8. The average molecular weight is 451 g/mol. The van der Waals surface area contributed by atoms with Crippen molar-refractivity contribution in [1.82, 2.24) is 15.5 Å². The molecule has 0 unspecified atom stereocenters. The highest BCUT2D eigenvalue weighted by Crippen LogP contribution is 2.19. The van der Waals surface area contributed by atoms with Crippen molar-refractivity contribution in [2.45, 2.75) is 39.0 Å². The number of hydrogen-bond acceptors (Lipinski definition) is 6. The van der Waals surface area contributed by atoms with Gasteiger partial charge in [-0.15, -0.1) is 0 Å². The Bertz CT molecular complexity index is 774. The van der Waals surface area contributed by atoms with Crippen molar-refractivity contribution in [1.29, 1.82) is 0 Å². The van der Waals surface area contributed by atoms with Crippen molar-refractivity contribution < 1.29 is 23.9 Å². The van der Waals surface area contributed by atoms with Crippen molar-refractivity contribution in [3.8, 4) is 0 Å². The number of carbonyl (C=O) groups is 4.